The van der Waals surface area contributed by atoms with Crippen molar-refractivity contribution in [1.29, 1.82) is 0 Å². The van der Waals surface area contributed by atoms with Crippen molar-refractivity contribution < 1.29 is 0 Å². The van der Waals surface area contributed by atoms with E-state index < -0.39 is 0 Å². The van der Waals surface area contributed by atoms with Crippen LogP contribution in [0.15, 0.2) is 45.8 Å². The van der Waals surface area contributed by atoms with Gasteiger partial charge < -0.3 is 0 Å². The van der Waals surface area contributed by atoms with Crippen LogP contribution in [-0.4, -0.2) is 15.3 Å². The minimum Gasteiger partial charge on any atom is -0.287 e. The number of rotatable bonds is 5. The Morgan fingerprint density at radius 3 is 2.89 bits per heavy atom. The second-order valence-corrected chi connectivity index (χ2v) is 5.65. The van der Waals surface area contributed by atoms with E-state index in [1.165, 1.54) is 11.8 Å². The molecule has 3 nitrogen and oxygen atoms in total. The Balaban J connectivity index is 2.56. The maximum absolute atomic E-state index is 12.4. The lowest BCUT2D eigenvalue weighted by Gasteiger charge is -2.11. The highest BCUT2D eigenvalue weighted by Crippen LogP contribution is 2.20. The summed E-state index contributed by atoms with van der Waals surface area (Å²) >= 11 is 7.23. The van der Waals surface area contributed by atoms with Crippen molar-refractivity contribution in [1.82, 2.24) is 9.55 Å². The SMILES string of the molecule is C=C(Cl)CSc1nc2ccccc2c(=O)n1CCC. The molecular formula is C14H15ClN2OS. The average molecular weight is 295 g/mol. The molecule has 0 aliphatic rings. The van der Waals surface area contributed by atoms with Crippen LogP contribution < -0.4 is 5.56 Å². The molecule has 1 heterocycles. The van der Waals surface area contributed by atoms with Gasteiger partial charge in [0.15, 0.2) is 5.16 Å². The normalized spacial score (nSPS) is 10.8. The molecule has 5 heteroatoms. The van der Waals surface area contributed by atoms with E-state index in [1.807, 2.05) is 31.2 Å². The predicted octanol–water partition coefficient (Wildman–Crippen LogP) is 3.65. The fraction of sp³-hybridized carbons (Fsp3) is 0.286. The second-order valence-electron chi connectivity index (χ2n) is 4.17. The first-order valence-corrected chi connectivity index (χ1v) is 7.45. The molecular weight excluding hydrogens is 280 g/mol. The topological polar surface area (TPSA) is 34.9 Å². The van der Waals surface area contributed by atoms with Crippen LogP contribution >= 0.6 is 23.4 Å². The van der Waals surface area contributed by atoms with Crippen LogP contribution in [0.4, 0.5) is 0 Å². The Labute approximate surface area is 121 Å². The third-order valence-electron chi connectivity index (χ3n) is 2.63. The maximum atomic E-state index is 12.4. The quantitative estimate of drug-likeness (QED) is 0.623. The second kappa shape index (κ2) is 6.26. The fourth-order valence-electron chi connectivity index (χ4n) is 1.82. The molecule has 0 atom stereocenters. The largest absolute Gasteiger partial charge is 0.287 e. The highest BCUT2D eigenvalue weighted by molar-refractivity contribution is 7.99. The molecule has 0 saturated carbocycles. The van der Waals surface area contributed by atoms with Gasteiger partial charge in [-0.2, -0.15) is 0 Å². The van der Waals surface area contributed by atoms with Crippen molar-refractivity contribution in [2.45, 2.75) is 25.0 Å². The fourth-order valence-corrected chi connectivity index (χ4v) is 2.76. The molecule has 1 aromatic heterocycles. The third-order valence-corrected chi connectivity index (χ3v) is 3.99. The molecule has 0 bridgehead atoms. The van der Waals surface area contributed by atoms with E-state index in [1.54, 1.807) is 4.57 Å². The van der Waals surface area contributed by atoms with Crippen LogP contribution in [-0.2, 0) is 6.54 Å². The Kier molecular flexibility index (Phi) is 4.66. The van der Waals surface area contributed by atoms with Crippen LogP contribution in [0.25, 0.3) is 10.9 Å². The maximum Gasteiger partial charge on any atom is 0.262 e. The monoisotopic (exact) mass is 294 g/mol. The molecule has 1 aromatic carbocycles. The summed E-state index contributed by atoms with van der Waals surface area (Å²) in [6, 6.07) is 7.40. The Bertz CT molecular complexity index is 666. The molecule has 0 fully saturated rings. The molecule has 0 N–H and O–H groups in total. The summed E-state index contributed by atoms with van der Waals surface area (Å²) < 4.78 is 1.72. The van der Waals surface area contributed by atoms with Gasteiger partial charge in [-0.1, -0.05) is 49.0 Å². The van der Waals surface area contributed by atoms with Gasteiger partial charge in [0, 0.05) is 17.3 Å². The molecule has 0 unspecified atom stereocenters. The first-order chi connectivity index (χ1) is 9.13. The molecule has 0 aliphatic carbocycles. The number of para-hydroxylation sites is 1. The standard InChI is InChI=1S/C14H15ClN2OS/c1-3-8-17-13(18)11-6-4-5-7-12(11)16-14(17)19-9-10(2)15/h4-7H,2-3,8-9H2,1H3. The highest BCUT2D eigenvalue weighted by Gasteiger charge is 2.10. The Morgan fingerprint density at radius 2 is 2.21 bits per heavy atom. The van der Waals surface area contributed by atoms with E-state index in [2.05, 4.69) is 11.6 Å². The number of aromatic nitrogens is 2. The lowest BCUT2D eigenvalue weighted by atomic mass is 10.2. The van der Waals surface area contributed by atoms with Crippen molar-refractivity contribution in [3.63, 3.8) is 0 Å². The zero-order valence-corrected chi connectivity index (χ0v) is 12.3. The Hall–Kier alpha value is -1.26. The van der Waals surface area contributed by atoms with E-state index in [4.69, 9.17) is 11.6 Å². The number of hydrogen-bond acceptors (Lipinski definition) is 3. The van der Waals surface area contributed by atoms with Crippen molar-refractivity contribution in [3.8, 4) is 0 Å². The predicted molar refractivity (Wildman–Crippen MR) is 82.0 cm³/mol. The molecule has 0 amide bonds. The lowest BCUT2D eigenvalue weighted by Crippen LogP contribution is -2.23. The van der Waals surface area contributed by atoms with Gasteiger partial charge in [-0.05, 0) is 18.6 Å². The summed E-state index contributed by atoms with van der Waals surface area (Å²) in [5, 5.41) is 1.91. The highest BCUT2D eigenvalue weighted by atomic mass is 35.5. The molecule has 0 saturated heterocycles. The number of nitrogens with zero attached hydrogens (tertiary/aromatic N) is 2. The number of halogens is 1. The van der Waals surface area contributed by atoms with Crippen LogP contribution in [0.1, 0.15) is 13.3 Å². The van der Waals surface area contributed by atoms with Gasteiger partial charge in [-0.15, -0.1) is 0 Å². The molecule has 0 radical (unpaired) electrons. The van der Waals surface area contributed by atoms with Crippen LogP contribution in [0.5, 0.6) is 0 Å². The summed E-state index contributed by atoms with van der Waals surface area (Å²) in [4.78, 5) is 17.0. The van der Waals surface area contributed by atoms with Crippen LogP contribution in [0.2, 0.25) is 0 Å². The number of fused-ring (bicyclic) bond motifs is 1. The lowest BCUT2D eigenvalue weighted by molar-refractivity contribution is 0.585. The first kappa shape index (κ1) is 14.2. The molecule has 19 heavy (non-hydrogen) atoms. The molecule has 0 aliphatic heterocycles. The third kappa shape index (κ3) is 3.19. The zero-order chi connectivity index (χ0) is 13.8. The van der Waals surface area contributed by atoms with E-state index in [-0.39, 0.29) is 5.56 Å². The van der Waals surface area contributed by atoms with Gasteiger partial charge in [-0.3, -0.25) is 9.36 Å². The number of benzene rings is 1. The minimum absolute atomic E-state index is 0.00938. The minimum atomic E-state index is 0.00938. The first-order valence-electron chi connectivity index (χ1n) is 6.09. The van der Waals surface area contributed by atoms with E-state index in [0.29, 0.717) is 27.9 Å². The van der Waals surface area contributed by atoms with Gasteiger partial charge in [0.25, 0.3) is 5.56 Å². The van der Waals surface area contributed by atoms with Crippen molar-refractivity contribution in [3.05, 3.63) is 46.2 Å². The summed E-state index contributed by atoms with van der Waals surface area (Å²) in [6.07, 6.45) is 0.884. The van der Waals surface area contributed by atoms with Crippen LogP contribution in [0, 0.1) is 0 Å². The zero-order valence-electron chi connectivity index (χ0n) is 10.7. The van der Waals surface area contributed by atoms with E-state index >= 15 is 0 Å². The molecule has 2 rings (SSSR count). The summed E-state index contributed by atoms with van der Waals surface area (Å²) in [7, 11) is 0. The number of hydrogen-bond donors (Lipinski definition) is 0. The molecule has 100 valence electrons. The van der Waals surface area contributed by atoms with Crippen molar-refractivity contribution >= 4 is 34.3 Å². The average Bonchev–Trinajstić information content (AvgIpc) is 2.40. The Morgan fingerprint density at radius 1 is 1.47 bits per heavy atom. The van der Waals surface area contributed by atoms with Crippen molar-refractivity contribution in [2.24, 2.45) is 0 Å². The molecule has 2 aromatic rings. The molecule has 0 spiro atoms. The number of thioether (sulfide) groups is 1. The van der Waals surface area contributed by atoms with Gasteiger partial charge in [-0.25, -0.2) is 4.98 Å². The summed E-state index contributed by atoms with van der Waals surface area (Å²) in [5.41, 5.74) is 0.734. The van der Waals surface area contributed by atoms with Gasteiger partial charge in [0.05, 0.1) is 10.9 Å². The van der Waals surface area contributed by atoms with Crippen LogP contribution in [0.3, 0.4) is 0 Å². The van der Waals surface area contributed by atoms with E-state index in [9.17, 15) is 4.79 Å². The van der Waals surface area contributed by atoms with E-state index in [0.717, 1.165) is 11.9 Å². The van der Waals surface area contributed by atoms with Gasteiger partial charge >= 0.3 is 0 Å². The smallest absolute Gasteiger partial charge is 0.262 e. The van der Waals surface area contributed by atoms with Crippen molar-refractivity contribution in [2.75, 3.05) is 5.75 Å². The van der Waals surface area contributed by atoms with Gasteiger partial charge in [0.1, 0.15) is 0 Å². The summed E-state index contributed by atoms with van der Waals surface area (Å²) in [5.74, 6) is 0.552. The van der Waals surface area contributed by atoms with Gasteiger partial charge in [0.2, 0.25) is 0 Å². The summed E-state index contributed by atoms with van der Waals surface area (Å²) in [6.45, 7) is 6.36.